The van der Waals surface area contributed by atoms with E-state index in [2.05, 4.69) is 20.8 Å². The molecule has 3 heteroatoms. The summed E-state index contributed by atoms with van der Waals surface area (Å²) in [5.41, 5.74) is 0.757. The maximum Gasteiger partial charge on any atom is 0.342 e. The van der Waals surface area contributed by atoms with Crippen molar-refractivity contribution in [3.8, 4) is 0 Å². The van der Waals surface area contributed by atoms with E-state index in [9.17, 15) is 9.59 Å². The van der Waals surface area contributed by atoms with Crippen LogP contribution in [0.1, 0.15) is 46.5 Å². The molecule has 3 rings (SSSR count). The number of hydrogen-bond donors (Lipinski definition) is 0. The molecule has 0 amide bonds. The van der Waals surface area contributed by atoms with Gasteiger partial charge in [-0.2, -0.15) is 0 Å². The highest BCUT2D eigenvalue weighted by Crippen LogP contribution is 2.60. The van der Waals surface area contributed by atoms with Crippen LogP contribution in [-0.2, 0) is 14.3 Å². The summed E-state index contributed by atoms with van der Waals surface area (Å²) in [5, 5.41) is 0. The Bertz CT molecular complexity index is 460. The molecular weight excluding hydrogens is 228 g/mol. The molecule has 2 fully saturated rings. The minimum Gasteiger partial charge on any atom is -0.389 e. The lowest BCUT2D eigenvalue weighted by molar-refractivity contribution is -0.156. The number of esters is 2. The molecule has 1 saturated carbocycles. The number of rotatable bonds is 0. The summed E-state index contributed by atoms with van der Waals surface area (Å²) >= 11 is 0. The molecule has 0 spiro atoms. The van der Waals surface area contributed by atoms with Crippen molar-refractivity contribution in [1.82, 2.24) is 0 Å². The second-order valence-corrected chi connectivity index (χ2v) is 6.94. The van der Waals surface area contributed by atoms with Crippen LogP contribution in [0.5, 0.6) is 0 Å². The number of hydrogen-bond acceptors (Lipinski definition) is 3. The van der Waals surface area contributed by atoms with Crippen molar-refractivity contribution in [3.63, 3.8) is 0 Å². The smallest absolute Gasteiger partial charge is 0.342 e. The second-order valence-electron chi connectivity index (χ2n) is 6.94. The lowest BCUT2D eigenvalue weighted by Gasteiger charge is -2.54. The third-order valence-corrected chi connectivity index (χ3v) is 5.48. The zero-order chi connectivity index (χ0) is 13.1. The van der Waals surface area contributed by atoms with Gasteiger partial charge in [-0.25, -0.2) is 4.79 Å². The quantitative estimate of drug-likeness (QED) is 0.489. The van der Waals surface area contributed by atoms with Gasteiger partial charge in [-0.1, -0.05) is 33.3 Å². The molecule has 0 aromatic carbocycles. The van der Waals surface area contributed by atoms with Gasteiger partial charge in [-0.3, -0.25) is 4.79 Å². The Labute approximate surface area is 108 Å². The molecule has 98 valence electrons. The normalized spacial score (nSPS) is 41.8. The van der Waals surface area contributed by atoms with Gasteiger partial charge < -0.3 is 4.74 Å². The highest BCUT2D eigenvalue weighted by Gasteiger charge is 2.59. The van der Waals surface area contributed by atoms with Gasteiger partial charge in [-0.05, 0) is 36.0 Å². The summed E-state index contributed by atoms with van der Waals surface area (Å²) in [4.78, 5) is 23.7. The molecule has 1 heterocycles. The van der Waals surface area contributed by atoms with E-state index in [1.165, 1.54) is 6.42 Å². The van der Waals surface area contributed by atoms with Crippen LogP contribution in [0.15, 0.2) is 11.6 Å². The Kier molecular flexibility index (Phi) is 2.30. The van der Waals surface area contributed by atoms with Crippen LogP contribution in [0.25, 0.3) is 0 Å². The molecule has 0 unspecified atom stereocenters. The lowest BCUT2D eigenvalue weighted by atomic mass is 9.49. The number of carbonyl (C=O) groups is 2. The fraction of sp³-hybridized carbons (Fsp3) is 0.733. The number of carbonyl (C=O) groups excluding carboxylic acids is 2. The summed E-state index contributed by atoms with van der Waals surface area (Å²) in [6.07, 6.45) is 6.21. The van der Waals surface area contributed by atoms with Crippen LogP contribution in [-0.4, -0.2) is 11.9 Å². The van der Waals surface area contributed by atoms with Gasteiger partial charge in [0.25, 0.3) is 0 Å². The molecule has 1 saturated heterocycles. The van der Waals surface area contributed by atoms with Crippen LogP contribution in [0.4, 0.5) is 0 Å². The molecule has 0 N–H and O–H groups in total. The first-order valence-corrected chi connectivity index (χ1v) is 6.82. The molecular formula is C15H20O3. The largest absolute Gasteiger partial charge is 0.389 e. The fourth-order valence-electron chi connectivity index (χ4n) is 4.62. The molecule has 3 nitrogen and oxygen atoms in total. The van der Waals surface area contributed by atoms with Gasteiger partial charge in [0.05, 0.1) is 5.92 Å². The van der Waals surface area contributed by atoms with Gasteiger partial charge in [0, 0.05) is 5.57 Å². The SMILES string of the molecule is CC1(C)CCC[C@]2(C)[C@H]3C(=O)OC(=O)C3=CC[C@@H]12. The average molecular weight is 248 g/mol. The molecule has 3 atom stereocenters. The van der Waals surface area contributed by atoms with Gasteiger partial charge in [-0.15, -0.1) is 0 Å². The Morgan fingerprint density at radius 1 is 1.22 bits per heavy atom. The summed E-state index contributed by atoms with van der Waals surface area (Å²) in [5.74, 6) is -0.585. The number of cyclic esters (lactones) is 2. The van der Waals surface area contributed by atoms with E-state index in [0.717, 1.165) is 19.3 Å². The minimum atomic E-state index is -0.409. The molecule has 0 radical (unpaired) electrons. The topological polar surface area (TPSA) is 43.4 Å². The van der Waals surface area contributed by atoms with E-state index < -0.39 is 5.97 Å². The van der Waals surface area contributed by atoms with Gasteiger partial charge >= 0.3 is 11.9 Å². The Balaban J connectivity index is 2.09. The van der Waals surface area contributed by atoms with E-state index in [0.29, 0.717) is 11.5 Å². The second kappa shape index (κ2) is 3.46. The van der Waals surface area contributed by atoms with Crippen LogP contribution in [0.3, 0.4) is 0 Å². The van der Waals surface area contributed by atoms with Crippen LogP contribution < -0.4 is 0 Å². The first-order chi connectivity index (χ1) is 8.36. The van der Waals surface area contributed by atoms with Crippen molar-refractivity contribution in [2.45, 2.75) is 46.5 Å². The summed E-state index contributed by atoms with van der Waals surface area (Å²) < 4.78 is 4.84. The number of ether oxygens (including phenoxy) is 1. The molecule has 0 aromatic heterocycles. The number of allylic oxidation sites excluding steroid dienone is 1. The van der Waals surface area contributed by atoms with Crippen molar-refractivity contribution in [1.29, 1.82) is 0 Å². The maximum atomic E-state index is 12.0. The highest BCUT2D eigenvalue weighted by molar-refractivity contribution is 6.08. The van der Waals surface area contributed by atoms with E-state index in [-0.39, 0.29) is 22.7 Å². The fourth-order valence-corrected chi connectivity index (χ4v) is 4.62. The predicted molar refractivity (Wildman–Crippen MR) is 66.5 cm³/mol. The van der Waals surface area contributed by atoms with Crippen LogP contribution >= 0.6 is 0 Å². The molecule has 1 aliphatic heterocycles. The zero-order valence-corrected chi connectivity index (χ0v) is 11.3. The van der Waals surface area contributed by atoms with E-state index in [4.69, 9.17) is 4.74 Å². The highest BCUT2D eigenvalue weighted by atomic mass is 16.6. The van der Waals surface area contributed by atoms with Crippen molar-refractivity contribution in [2.75, 3.05) is 0 Å². The first kappa shape index (κ1) is 11.9. The van der Waals surface area contributed by atoms with Gasteiger partial charge in [0.2, 0.25) is 0 Å². The third-order valence-electron chi connectivity index (χ3n) is 5.48. The monoisotopic (exact) mass is 248 g/mol. The van der Waals surface area contributed by atoms with Crippen molar-refractivity contribution in [3.05, 3.63) is 11.6 Å². The van der Waals surface area contributed by atoms with Crippen molar-refractivity contribution < 1.29 is 14.3 Å². The van der Waals surface area contributed by atoms with Crippen LogP contribution in [0, 0.1) is 22.7 Å². The van der Waals surface area contributed by atoms with Crippen LogP contribution in [0.2, 0.25) is 0 Å². The maximum absolute atomic E-state index is 12.0. The summed E-state index contributed by atoms with van der Waals surface area (Å²) in [7, 11) is 0. The Morgan fingerprint density at radius 2 is 1.94 bits per heavy atom. The molecule has 18 heavy (non-hydrogen) atoms. The van der Waals surface area contributed by atoms with Crippen molar-refractivity contribution >= 4 is 11.9 Å². The Morgan fingerprint density at radius 3 is 2.67 bits per heavy atom. The third kappa shape index (κ3) is 1.36. The van der Waals surface area contributed by atoms with Gasteiger partial charge in [0.1, 0.15) is 0 Å². The van der Waals surface area contributed by atoms with Crippen molar-refractivity contribution in [2.24, 2.45) is 22.7 Å². The molecule has 2 aliphatic carbocycles. The van der Waals surface area contributed by atoms with E-state index in [1.54, 1.807) is 0 Å². The molecule has 0 aromatic rings. The summed E-state index contributed by atoms with van der Waals surface area (Å²) in [6.45, 7) is 6.75. The first-order valence-electron chi connectivity index (χ1n) is 6.82. The van der Waals surface area contributed by atoms with E-state index in [1.807, 2.05) is 6.08 Å². The average Bonchev–Trinajstić information content (AvgIpc) is 2.54. The lowest BCUT2D eigenvalue weighted by Crippen LogP contribution is -2.49. The molecule has 0 bridgehead atoms. The molecule has 3 aliphatic rings. The number of fused-ring (bicyclic) bond motifs is 3. The minimum absolute atomic E-state index is 0.102. The predicted octanol–water partition coefficient (Wildman–Crippen LogP) is 2.85. The summed E-state index contributed by atoms with van der Waals surface area (Å²) in [6, 6.07) is 0. The van der Waals surface area contributed by atoms with E-state index >= 15 is 0 Å². The van der Waals surface area contributed by atoms with Gasteiger partial charge in [0.15, 0.2) is 0 Å². The zero-order valence-electron chi connectivity index (χ0n) is 11.3. The Hall–Kier alpha value is -1.12. The standard InChI is InChI=1S/C15H20O3/c1-14(2)7-4-8-15(3)10(14)6-5-9-11(15)13(17)18-12(9)16/h5,10-11H,4,6-8H2,1-3H3/t10-,11+,15-/m0/s1.